The van der Waals surface area contributed by atoms with Gasteiger partial charge < -0.3 is 28.7 Å². The number of nitrogens with zero attached hydrogens (tertiary/aromatic N) is 1. The highest BCUT2D eigenvalue weighted by atomic mass is 32.2. The van der Waals surface area contributed by atoms with E-state index >= 15 is 0 Å². The molecule has 1 saturated heterocycles. The van der Waals surface area contributed by atoms with Crippen LogP contribution in [0.2, 0.25) is 0 Å². The van der Waals surface area contributed by atoms with E-state index in [1.54, 1.807) is 48.5 Å². The van der Waals surface area contributed by atoms with Gasteiger partial charge in [-0.2, -0.15) is 0 Å². The molecule has 12 heteroatoms. The van der Waals surface area contributed by atoms with Gasteiger partial charge in [-0.05, 0) is 71.9 Å². The van der Waals surface area contributed by atoms with Crippen molar-refractivity contribution in [3.63, 3.8) is 0 Å². The first-order chi connectivity index (χ1) is 18.8. The summed E-state index contributed by atoms with van der Waals surface area (Å²) in [7, 11) is 4.25. The van der Waals surface area contributed by atoms with Crippen LogP contribution in [0.5, 0.6) is 17.2 Å². The molecule has 1 fully saturated rings. The van der Waals surface area contributed by atoms with Gasteiger partial charge in [0, 0.05) is 5.69 Å². The highest BCUT2D eigenvalue weighted by Crippen LogP contribution is 2.35. The summed E-state index contributed by atoms with van der Waals surface area (Å²) in [6.45, 7) is -0.390. The second-order valence-corrected chi connectivity index (χ2v) is 8.99. The zero-order chi connectivity index (χ0) is 27.9. The quantitative estimate of drug-likeness (QED) is 0.286. The molecular weight excluding hydrogens is 528 g/mol. The van der Waals surface area contributed by atoms with E-state index in [-0.39, 0.29) is 17.3 Å². The number of imide groups is 1. The fourth-order valence-corrected chi connectivity index (χ4v) is 4.35. The maximum absolute atomic E-state index is 12.9. The lowest BCUT2D eigenvalue weighted by molar-refractivity contribution is -0.127. The normalized spacial score (nSPS) is 13.9. The monoisotopic (exact) mass is 552 g/mol. The predicted molar refractivity (Wildman–Crippen MR) is 142 cm³/mol. The third-order valence-corrected chi connectivity index (χ3v) is 6.36. The molecule has 11 nitrogen and oxygen atoms in total. The summed E-state index contributed by atoms with van der Waals surface area (Å²) in [4.78, 5) is 50.4. The molecule has 0 radical (unpaired) electrons. The maximum Gasteiger partial charge on any atom is 0.373 e. The summed E-state index contributed by atoms with van der Waals surface area (Å²) in [5.41, 5.74) is 1.09. The Kier molecular flexibility index (Phi) is 8.56. The van der Waals surface area contributed by atoms with Crippen molar-refractivity contribution in [2.45, 2.75) is 6.61 Å². The number of nitrogens with one attached hydrogen (secondary N) is 1. The summed E-state index contributed by atoms with van der Waals surface area (Å²) < 4.78 is 26.2. The summed E-state index contributed by atoms with van der Waals surface area (Å²) in [6.07, 6.45) is 1.54. The van der Waals surface area contributed by atoms with Gasteiger partial charge >= 0.3 is 5.97 Å². The molecule has 39 heavy (non-hydrogen) atoms. The van der Waals surface area contributed by atoms with Gasteiger partial charge in [0.15, 0.2) is 11.5 Å². The van der Waals surface area contributed by atoms with E-state index in [9.17, 15) is 19.2 Å². The topological polar surface area (TPSA) is 134 Å². The Morgan fingerprint density at radius 3 is 2.44 bits per heavy atom. The second kappa shape index (κ2) is 12.2. The van der Waals surface area contributed by atoms with E-state index < -0.39 is 29.6 Å². The fraction of sp³-hybridized carbons (Fsp3) is 0.185. The van der Waals surface area contributed by atoms with Gasteiger partial charge in [0.1, 0.15) is 24.7 Å². The van der Waals surface area contributed by atoms with Crippen LogP contribution in [0, 0.1) is 0 Å². The SMILES string of the molecule is COC(=O)c1ccc(COc2ccc(/C=C3/SC(=O)N(CC(=O)Nc4ccc(OC)cc4)C3=O)cc2OC)o1. The summed E-state index contributed by atoms with van der Waals surface area (Å²) in [5.74, 6) is 0.195. The molecule has 0 saturated carbocycles. The number of amides is 3. The lowest BCUT2D eigenvalue weighted by Gasteiger charge is -2.12. The van der Waals surface area contributed by atoms with Crippen LogP contribution in [-0.2, 0) is 20.9 Å². The smallest absolute Gasteiger partial charge is 0.373 e. The number of esters is 1. The van der Waals surface area contributed by atoms with Crippen LogP contribution in [0.1, 0.15) is 21.9 Å². The van der Waals surface area contributed by atoms with Crippen LogP contribution >= 0.6 is 11.8 Å². The molecule has 0 bridgehead atoms. The fourth-order valence-electron chi connectivity index (χ4n) is 3.51. The second-order valence-electron chi connectivity index (χ2n) is 8.00. The third-order valence-electron chi connectivity index (χ3n) is 5.45. The number of thioether (sulfide) groups is 1. The van der Waals surface area contributed by atoms with E-state index in [2.05, 4.69) is 10.1 Å². The van der Waals surface area contributed by atoms with Gasteiger partial charge in [-0.25, -0.2) is 4.79 Å². The minimum Gasteiger partial charge on any atom is -0.497 e. The Morgan fingerprint density at radius 2 is 1.74 bits per heavy atom. The summed E-state index contributed by atoms with van der Waals surface area (Å²) in [6, 6.07) is 14.7. The zero-order valence-corrected chi connectivity index (χ0v) is 22.0. The van der Waals surface area contributed by atoms with Gasteiger partial charge in [-0.15, -0.1) is 0 Å². The number of rotatable bonds is 10. The van der Waals surface area contributed by atoms with Crippen LogP contribution in [0.25, 0.3) is 6.08 Å². The average Bonchev–Trinajstić information content (AvgIpc) is 3.52. The van der Waals surface area contributed by atoms with Crippen LogP contribution < -0.4 is 19.5 Å². The molecule has 1 N–H and O–H groups in total. The van der Waals surface area contributed by atoms with Gasteiger partial charge in [-0.3, -0.25) is 19.3 Å². The van der Waals surface area contributed by atoms with Gasteiger partial charge in [0.25, 0.3) is 11.1 Å². The molecule has 0 aliphatic carbocycles. The van der Waals surface area contributed by atoms with Crippen molar-refractivity contribution in [2.75, 3.05) is 33.2 Å². The molecule has 1 aliphatic heterocycles. The van der Waals surface area contributed by atoms with E-state index in [1.807, 2.05) is 0 Å². The number of benzene rings is 2. The van der Waals surface area contributed by atoms with E-state index in [0.717, 1.165) is 16.7 Å². The van der Waals surface area contributed by atoms with Crippen molar-refractivity contribution < 1.29 is 42.5 Å². The zero-order valence-electron chi connectivity index (χ0n) is 21.2. The van der Waals surface area contributed by atoms with Gasteiger partial charge in [0.05, 0.1) is 26.2 Å². The van der Waals surface area contributed by atoms with Crippen LogP contribution in [0.3, 0.4) is 0 Å². The Balaban J connectivity index is 1.39. The van der Waals surface area contributed by atoms with Crippen molar-refractivity contribution >= 4 is 46.5 Å². The predicted octanol–water partition coefficient (Wildman–Crippen LogP) is 4.34. The van der Waals surface area contributed by atoms with Crippen LogP contribution in [0.15, 0.2) is 63.9 Å². The molecule has 3 aromatic rings. The molecule has 2 aromatic carbocycles. The summed E-state index contributed by atoms with van der Waals surface area (Å²) in [5, 5.41) is 2.10. The molecule has 4 rings (SSSR count). The largest absolute Gasteiger partial charge is 0.497 e. The van der Waals surface area contributed by atoms with Crippen molar-refractivity contribution in [2.24, 2.45) is 0 Å². The number of methoxy groups -OCH3 is 3. The van der Waals surface area contributed by atoms with E-state index in [0.29, 0.717) is 34.3 Å². The molecular formula is C27H24N2O9S. The lowest BCUT2D eigenvalue weighted by Crippen LogP contribution is -2.36. The molecule has 0 spiro atoms. The summed E-state index contributed by atoms with van der Waals surface area (Å²) >= 11 is 0.741. The number of ether oxygens (including phenoxy) is 4. The average molecular weight is 553 g/mol. The highest BCUT2D eigenvalue weighted by molar-refractivity contribution is 8.18. The van der Waals surface area contributed by atoms with E-state index in [1.165, 1.54) is 33.5 Å². The number of carbonyl (C=O) groups is 4. The number of anilines is 1. The first-order valence-corrected chi connectivity index (χ1v) is 12.3. The first kappa shape index (κ1) is 27.3. The third kappa shape index (κ3) is 6.60. The van der Waals surface area contributed by atoms with Crippen molar-refractivity contribution in [1.82, 2.24) is 4.90 Å². The van der Waals surface area contributed by atoms with Gasteiger partial charge in [-0.1, -0.05) is 6.07 Å². The Hall–Kier alpha value is -4.71. The van der Waals surface area contributed by atoms with Crippen molar-refractivity contribution in [1.29, 1.82) is 0 Å². The van der Waals surface area contributed by atoms with E-state index in [4.69, 9.17) is 18.6 Å². The molecule has 202 valence electrons. The standard InChI is InChI=1S/C27H24N2O9S/c1-34-18-7-5-17(6-8-18)28-24(30)14-29-25(31)23(39-27(29)33)13-16-4-10-20(22(12-16)35-2)37-15-19-9-11-21(38-19)26(32)36-3/h4-13H,14-15H2,1-3H3,(H,28,30)/b23-13+. The molecule has 3 amide bonds. The highest BCUT2D eigenvalue weighted by Gasteiger charge is 2.36. The number of hydrogen-bond donors (Lipinski definition) is 1. The first-order valence-electron chi connectivity index (χ1n) is 11.5. The Morgan fingerprint density at radius 1 is 0.974 bits per heavy atom. The molecule has 2 heterocycles. The lowest BCUT2D eigenvalue weighted by atomic mass is 10.2. The number of hydrogen-bond acceptors (Lipinski definition) is 10. The molecule has 0 unspecified atom stereocenters. The van der Waals surface area contributed by atoms with Crippen molar-refractivity contribution in [3.05, 3.63) is 76.6 Å². The van der Waals surface area contributed by atoms with Crippen LogP contribution in [0.4, 0.5) is 10.5 Å². The Bertz CT molecular complexity index is 1430. The minimum absolute atomic E-state index is 0.0319. The van der Waals surface area contributed by atoms with Crippen LogP contribution in [-0.4, -0.2) is 55.8 Å². The number of furan rings is 1. The molecule has 1 aliphatic rings. The minimum atomic E-state index is -0.592. The maximum atomic E-state index is 12.9. The Labute approximate surface area is 227 Å². The number of carbonyl (C=O) groups excluding carboxylic acids is 4. The van der Waals surface area contributed by atoms with Crippen molar-refractivity contribution in [3.8, 4) is 17.2 Å². The molecule has 1 aromatic heterocycles. The van der Waals surface area contributed by atoms with Gasteiger partial charge in [0.2, 0.25) is 11.7 Å². The molecule has 0 atom stereocenters.